The van der Waals surface area contributed by atoms with Crippen LogP contribution in [-0.2, 0) is 0 Å². The Hall–Kier alpha value is -0.450. The van der Waals surface area contributed by atoms with Crippen LogP contribution in [0.15, 0.2) is 5.38 Å². The third kappa shape index (κ3) is 2.56. The van der Waals surface area contributed by atoms with E-state index in [1.807, 2.05) is 12.3 Å². The minimum absolute atomic E-state index is 0.180. The molecule has 84 valence electrons. The van der Waals surface area contributed by atoms with Gasteiger partial charge in [0.2, 0.25) is 0 Å². The van der Waals surface area contributed by atoms with Crippen molar-refractivity contribution >= 4 is 11.3 Å². The van der Waals surface area contributed by atoms with Crippen molar-refractivity contribution in [2.24, 2.45) is 5.92 Å². The van der Waals surface area contributed by atoms with Crippen molar-refractivity contribution in [2.75, 3.05) is 6.54 Å². The number of aliphatic hydroxyl groups excluding tert-OH is 1. The van der Waals surface area contributed by atoms with Gasteiger partial charge in [0.25, 0.3) is 0 Å². The van der Waals surface area contributed by atoms with Crippen LogP contribution in [0.4, 0.5) is 0 Å². The SMILES string of the molecule is Cc1csc(C(O)C2CC(C)CCN2)n1. The van der Waals surface area contributed by atoms with Gasteiger partial charge in [0.15, 0.2) is 0 Å². The van der Waals surface area contributed by atoms with Gasteiger partial charge in [-0.2, -0.15) is 0 Å². The monoisotopic (exact) mass is 226 g/mol. The molecule has 3 atom stereocenters. The van der Waals surface area contributed by atoms with Crippen molar-refractivity contribution < 1.29 is 5.11 Å². The summed E-state index contributed by atoms with van der Waals surface area (Å²) in [5, 5.41) is 16.4. The van der Waals surface area contributed by atoms with E-state index < -0.39 is 6.10 Å². The molecule has 1 saturated heterocycles. The first-order valence-electron chi connectivity index (χ1n) is 5.50. The highest BCUT2D eigenvalue weighted by molar-refractivity contribution is 7.09. The third-order valence-corrected chi connectivity index (χ3v) is 4.00. The fraction of sp³-hybridized carbons (Fsp3) is 0.727. The van der Waals surface area contributed by atoms with Gasteiger partial charge >= 0.3 is 0 Å². The van der Waals surface area contributed by atoms with Crippen molar-refractivity contribution in [3.05, 3.63) is 16.1 Å². The van der Waals surface area contributed by atoms with Crippen LogP contribution >= 0.6 is 11.3 Å². The molecular formula is C11H18N2OS. The fourth-order valence-corrected chi connectivity index (χ4v) is 2.91. The maximum absolute atomic E-state index is 10.2. The molecule has 0 amide bonds. The molecule has 2 heterocycles. The van der Waals surface area contributed by atoms with Gasteiger partial charge in [-0.05, 0) is 32.2 Å². The number of nitrogens with zero attached hydrogens (tertiary/aromatic N) is 1. The van der Waals surface area contributed by atoms with Crippen LogP contribution in [0.2, 0.25) is 0 Å². The normalized spacial score (nSPS) is 29.0. The molecule has 1 aromatic rings. The van der Waals surface area contributed by atoms with E-state index in [1.54, 1.807) is 11.3 Å². The molecule has 2 rings (SSSR count). The van der Waals surface area contributed by atoms with E-state index >= 15 is 0 Å². The molecule has 0 spiro atoms. The van der Waals surface area contributed by atoms with E-state index in [1.165, 1.54) is 6.42 Å². The second-order valence-electron chi connectivity index (χ2n) is 4.46. The van der Waals surface area contributed by atoms with Crippen molar-refractivity contribution in [1.82, 2.24) is 10.3 Å². The number of hydrogen-bond acceptors (Lipinski definition) is 4. The number of piperidine rings is 1. The minimum Gasteiger partial charge on any atom is -0.384 e. The summed E-state index contributed by atoms with van der Waals surface area (Å²) >= 11 is 1.55. The molecule has 2 N–H and O–H groups in total. The topological polar surface area (TPSA) is 45.1 Å². The molecule has 4 heteroatoms. The molecule has 15 heavy (non-hydrogen) atoms. The summed E-state index contributed by atoms with van der Waals surface area (Å²) in [5.74, 6) is 0.701. The molecule has 1 fully saturated rings. The van der Waals surface area contributed by atoms with Gasteiger partial charge in [-0.3, -0.25) is 0 Å². The summed E-state index contributed by atoms with van der Waals surface area (Å²) in [5.41, 5.74) is 0.998. The maximum atomic E-state index is 10.2. The van der Waals surface area contributed by atoms with Crippen molar-refractivity contribution in [2.45, 2.75) is 38.8 Å². The lowest BCUT2D eigenvalue weighted by atomic mass is 9.91. The summed E-state index contributed by atoms with van der Waals surface area (Å²) in [6.45, 7) is 5.21. The van der Waals surface area contributed by atoms with E-state index in [9.17, 15) is 5.11 Å². The van der Waals surface area contributed by atoms with Crippen LogP contribution in [-0.4, -0.2) is 22.7 Å². The minimum atomic E-state index is -0.438. The first-order chi connectivity index (χ1) is 7.16. The number of hydrogen-bond donors (Lipinski definition) is 2. The summed E-state index contributed by atoms with van der Waals surface area (Å²) in [7, 11) is 0. The molecule has 0 bridgehead atoms. The molecule has 0 aromatic carbocycles. The Morgan fingerprint density at radius 1 is 1.67 bits per heavy atom. The number of aryl methyl sites for hydroxylation is 1. The zero-order valence-corrected chi connectivity index (χ0v) is 10.0. The van der Waals surface area contributed by atoms with Gasteiger partial charge in [-0.25, -0.2) is 4.98 Å². The van der Waals surface area contributed by atoms with Gasteiger partial charge in [0.05, 0.1) is 0 Å². The van der Waals surface area contributed by atoms with E-state index in [-0.39, 0.29) is 6.04 Å². The first kappa shape index (κ1) is 11.0. The Labute approximate surface area is 94.5 Å². The van der Waals surface area contributed by atoms with Gasteiger partial charge in [-0.15, -0.1) is 11.3 Å². The Morgan fingerprint density at radius 2 is 2.47 bits per heavy atom. The lowest BCUT2D eigenvalue weighted by molar-refractivity contribution is 0.101. The highest BCUT2D eigenvalue weighted by Crippen LogP contribution is 2.27. The number of thiazole rings is 1. The quantitative estimate of drug-likeness (QED) is 0.809. The Kier molecular flexibility index (Phi) is 3.38. The van der Waals surface area contributed by atoms with Crippen LogP contribution in [0, 0.1) is 12.8 Å². The average molecular weight is 226 g/mol. The largest absolute Gasteiger partial charge is 0.384 e. The molecule has 0 aliphatic carbocycles. The number of nitrogens with one attached hydrogen (secondary N) is 1. The molecular weight excluding hydrogens is 208 g/mol. The first-order valence-corrected chi connectivity index (χ1v) is 6.38. The molecule has 3 unspecified atom stereocenters. The van der Waals surface area contributed by atoms with E-state index in [2.05, 4.69) is 17.2 Å². The molecule has 0 saturated carbocycles. The van der Waals surface area contributed by atoms with E-state index in [0.717, 1.165) is 23.7 Å². The van der Waals surface area contributed by atoms with Gasteiger partial charge in [0.1, 0.15) is 11.1 Å². The average Bonchev–Trinajstić information content (AvgIpc) is 2.64. The molecule has 3 nitrogen and oxygen atoms in total. The van der Waals surface area contributed by atoms with Crippen molar-refractivity contribution in [1.29, 1.82) is 0 Å². The highest BCUT2D eigenvalue weighted by Gasteiger charge is 2.27. The Morgan fingerprint density at radius 3 is 3.07 bits per heavy atom. The predicted molar refractivity (Wildman–Crippen MR) is 62.0 cm³/mol. The standard InChI is InChI=1S/C11H18N2OS/c1-7-3-4-12-9(5-7)10(14)11-13-8(2)6-15-11/h6-7,9-10,12,14H,3-5H2,1-2H3. The third-order valence-electron chi connectivity index (χ3n) is 2.97. The summed E-state index contributed by atoms with van der Waals surface area (Å²) in [6, 6.07) is 0.180. The molecule has 0 radical (unpaired) electrons. The van der Waals surface area contributed by atoms with Gasteiger partial charge in [0, 0.05) is 17.1 Å². The Bertz CT molecular complexity index is 326. The zero-order valence-electron chi connectivity index (χ0n) is 9.23. The van der Waals surface area contributed by atoms with Gasteiger partial charge < -0.3 is 10.4 Å². The zero-order chi connectivity index (χ0) is 10.8. The second-order valence-corrected chi connectivity index (χ2v) is 5.35. The van der Waals surface area contributed by atoms with Crippen LogP contribution in [0.25, 0.3) is 0 Å². The van der Waals surface area contributed by atoms with E-state index in [4.69, 9.17) is 0 Å². The van der Waals surface area contributed by atoms with E-state index in [0.29, 0.717) is 5.92 Å². The number of rotatable bonds is 2. The Balaban J connectivity index is 2.03. The summed E-state index contributed by atoms with van der Waals surface area (Å²) in [6.07, 6.45) is 1.81. The van der Waals surface area contributed by atoms with Crippen LogP contribution in [0.5, 0.6) is 0 Å². The maximum Gasteiger partial charge on any atom is 0.123 e. The van der Waals surface area contributed by atoms with Crippen LogP contribution in [0.1, 0.15) is 36.6 Å². The van der Waals surface area contributed by atoms with Crippen molar-refractivity contribution in [3.8, 4) is 0 Å². The summed E-state index contributed by atoms with van der Waals surface area (Å²) < 4.78 is 0. The molecule has 1 aromatic heterocycles. The highest BCUT2D eigenvalue weighted by atomic mass is 32.1. The smallest absolute Gasteiger partial charge is 0.123 e. The van der Waals surface area contributed by atoms with Crippen LogP contribution < -0.4 is 5.32 Å². The fourth-order valence-electron chi connectivity index (χ4n) is 2.07. The lowest BCUT2D eigenvalue weighted by Crippen LogP contribution is -2.41. The molecule has 1 aliphatic rings. The summed E-state index contributed by atoms with van der Waals surface area (Å²) in [4.78, 5) is 4.34. The number of aromatic nitrogens is 1. The van der Waals surface area contributed by atoms with Crippen molar-refractivity contribution in [3.63, 3.8) is 0 Å². The predicted octanol–water partition coefficient (Wildman–Crippen LogP) is 1.87. The lowest BCUT2D eigenvalue weighted by Gasteiger charge is -2.30. The number of aliphatic hydroxyl groups is 1. The molecule has 1 aliphatic heterocycles. The van der Waals surface area contributed by atoms with Gasteiger partial charge in [-0.1, -0.05) is 6.92 Å². The second kappa shape index (κ2) is 4.60. The van der Waals surface area contributed by atoms with Crippen LogP contribution in [0.3, 0.4) is 0 Å².